The number of unbranched alkanes of at least 4 members (excludes halogenated alkanes) is 37. The van der Waals surface area contributed by atoms with E-state index in [-0.39, 0.29) is 24.9 Å². The summed E-state index contributed by atoms with van der Waals surface area (Å²) < 4.78 is 5.96. The minimum atomic E-state index is -0.795. The highest BCUT2D eigenvalue weighted by atomic mass is 16.5. The van der Waals surface area contributed by atoms with E-state index in [1.807, 2.05) is 0 Å². The smallest absolute Gasteiger partial charge is 0.306 e. The van der Waals surface area contributed by atoms with Crippen LogP contribution in [0.1, 0.15) is 316 Å². The van der Waals surface area contributed by atoms with Crippen molar-refractivity contribution in [3.8, 4) is 0 Å². The normalized spacial score (nSPS) is 13.4. The van der Waals surface area contributed by atoms with Crippen LogP contribution in [0.25, 0.3) is 0 Å². The second-order valence-electron chi connectivity index (χ2n) is 20.8. The average molecular weight is 969 g/mol. The first-order valence-corrected chi connectivity index (χ1v) is 30.4. The van der Waals surface area contributed by atoms with Gasteiger partial charge >= 0.3 is 5.97 Å². The number of aliphatic hydroxyl groups is 2. The summed E-state index contributed by atoms with van der Waals surface area (Å²) in [6, 6.07) is -0.710. The molecule has 0 aromatic heterocycles. The molecule has 0 aliphatic rings. The van der Waals surface area contributed by atoms with Gasteiger partial charge in [0.15, 0.2) is 0 Å². The van der Waals surface area contributed by atoms with Crippen LogP contribution in [0.5, 0.6) is 0 Å². The Labute approximate surface area is 429 Å². The zero-order valence-electron chi connectivity index (χ0n) is 46.2. The first-order chi connectivity index (χ1) is 34.0. The Hall–Kier alpha value is -2.18. The molecule has 0 bridgehead atoms. The van der Waals surface area contributed by atoms with Gasteiger partial charge in [-0.05, 0) is 77.0 Å². The lowest BCUT2D eigenvalue weighted by atomic mass is 10.0. The fourth-order valence-corrected chi connectivity index (χ4v) is 9.31. The summed E-state index contributed by atoms with van der Waals surface area (Å²) in [5.74, 6) is -0.492. The third kappa shape index (κ3) is 52.0. The number of hydrogen-bond acceptors (Lipinski definition) is 5. The molecule has 0 radical (unpaired) electrons. The van der Waals surface area contributed by atoms with E-state index in [1.54, 1.807) is 0 Å². The maximum Gasteiger partial charge on any atom is 0.306 e. The number of carbonyl (C=O) groups excluding carboxylic acids is 2. The molecule has 0 aromatic carbocycles. The van der Waals surface area contributed by atoms with Crippen molar-refractivity contribution in [2.75, 3.05) is 6.61 Å². The van der Waals surface area contributed by atoms with Gasteiger partial charge < -0.3 is 20.3 Å². The molecular weight excluding hydrogens is 851 g/mol. The zero-order chi connectivity index (χ0) is 50.2. The summed E-state index contributed by atoms with van der Waals surface area (Å²) in [4.78, 5) is 26.3. The van der Waals surface area contributed by atoms with Crippen LogP contribution >= 0.6 is 0 Å². The topological polar surface area (TPSA) is 95.9 Å². The molecule has 0 heterocycles. The summed E-state index contributed by atoms with van der Waals surface area (Å²) >= 11 is 0. The van der Waals surface area contributed by atoms with Gasteiger partial charge in [0, 0.05) is 6.42 Å². The van der Waals surface area contributed by atoms with Crippen molar-refractivity contribution < 1.29 is 24.5 Å². The number of ether oxygens (including phenoxy) is 1. The van der Waals surface area contributed by atoms with E-state index in [0.29, 0.717) is 19.3 Å². The van der Waals surface area contributed by atoms with Crippen LogP contribution in [0.4, 0.5) is 0 Å². The van der Waals surface area contributed by atoms with Crippen LogP contribution in [0.15, 0.2) is 48.6 Å². The number of aliphatic hydroxyl groups excluding tert-OH is 2. The van der Waals surface area contributed by atoms with Gasteiger partial charge in [0.05, 0.1) is 25.2 Å². The highest BCUT2D eigenvalue weighted by molar-refractivity contribution is 5.77. The lowest BCUT2D eigenvalue weighted by Crippen LogP contribution is -2.46. The largest absolute Gasteiger partial charge is 0.462 e. The van der Waals surface area contributed by atoms with E-state index >= 15 is 0 Å². The van der Waals surface area contributed by atoms with Crippen molar-refractivity contribution in [3.63, 3.8) is 0 Å². The molecule has 0 aromatic rings. The van der Waals surface area contributed by atoms with Crippen molar-refractivity contribution in [1.82, 2.24) is 5.32 Å². The lowest BCUT2D eigenvalue weighted by Gasteiger charge is -2.24. The maximum atomic E-state index is 13.3. The van der Waals surface area contributed by atoms with E-state index in [0.717, 1.165) is 83.5 Å². The van der Waals surface area contributed by atoms with Crippen LogP contribution in [0.3, 0.4) is 0 Å². The molecule has 0 rings (SSSR count). The van der Waals surface area contributed by atoms with E-state index in [1.165, 1.54) is 186 Å². The molecule has 69 heavy (non-hydrogen) atoms. The number of nitrogens with one attached hydrogen (secondary N) is 1. The van der Waals surface area contributed by atoms with Crippen LogP contribution in [0.2, 0.25) is 0 Å². The van der Waals surface area contributed by atoms with Crippen LogP contribution in [-0.2, 0) is 14.3 Å². The minimum absolute atomic E-state index is 0.0651. The molecule has 3 atom stereocenters. The van der Waals surface area contributed by atoms with Crippen LogP contribution < -0.4 is 5.32 Å². The summed E-state index contributed by atoms with van der Waals surface area (Å²) in [5, 5.41) is 23.9. The Morgan fingerprint density at radius 2 is 0.754 bits per heavy atom. The first-order valence-electron chi connectivity index (χ1n) is 30.4. The Bertz CT molecular complexity index is 1180. The number of allylic oxidation sites excluding steroid dienone is 8. The lowest BCUT2D eigenvalue weighted by molar-refractivity contribution is -0.151. The molecule has 3 unspecified atom stereocenters. The second-order valence-corrected chi connectivity index (χ2v) is 20.8. The predicted octanol–water partition coefficient (Wildman–Crippen LogP) is 19.0. The van der Waals surface area contributed by atoms with Gasteiger partial charge in [-0.2, -0.15) is 0 Å². The van der Waals surface area contributed by atoms with Crippen LogP contribution in [0, 0.1) is 0 Å². The first kappa shape index (κ1) is 66.8. The van der Waals surface area contributed by atoms with Gasteiger partial charge in [0.2, 0.25) is 5.91 Å². The molecule has 6 heteroatoms. The molecule has 0 saturated carbocycles. The van der Waals surface area contributed by atoms with Crippen molar-refractivity contribution in [2.24, 2.45) is 0 Å². The Balaban J connectivity index is 4.57. The number of carbonyl (C=O) groups is 2. The summed E-state index contributed by atoms with van der Waals surface area (Å²) in [6.45, 7) is 6.50. The van der Waals surface area contributed by atoms with Gasteiger partial charge in [0.25, 0.3) is 0 Å². The van der Waals surface area contributed by atoms with E-state index in [2.05, 4.69) is 74.7 Å². The maximum absolute atomic E-state index is 13.3. The minimum Gasteiger partial charge on any atom is -0.462 e. The molecule has 6 nitrogen and oxygen atoms in total. The van der Waals surface area contributed by atoms with E-state index in [4.69, 9.17) is 4.74 Å². The molecule has 404 valence electrons. The molecule has 0 saturated heterocycles. The molecule has 0 spiro atoms. The third-order valence-electron chi connectivity index (χ3n) is 13.9. The van der Waals surface area contributed by atoms with Gasteiger partial charge in [-0.3, -0.25) is 9.59 Å². The molecule has 0 fully saturated rings. The SMILES string of the molecule is CCCCCCC/C=C/C=C/C=C/CCCCCCCC(=O)OC(CCCCCCC/C=C/CCCCCCCC)CC(=O)NC(CO)C(O)CCCCCCCCCCCCCCCCCCC. The van der Waals surface area contributed by atoms with Crippen molar-refractivity contribution in [2.45, 2.75) is 334 Å². The standard InChI is InChI=1S/C63H117NO5/c1-4-7-10-13-16-19-22-25-28-30-32-35-38-41-44-47-50-53-56-63(68)69-59(54-51-48-45-42-39-36-33-27-24-21-18-15-12-9-6-3)57-62(67)64-60(58-65)61(66)55-52-49-46-43-40-37-34-31-29-26-23-20-17-14-11-8-5-2/h22,25,27-28,30,32-33,35,59-61,65-66H,4-21,23-24,26,29,31,34,36-58H2,1-3H3,(H,64,67)/b25-22+,30-28+,33-27+,35-32+. The van der Waals surface area contributed by atoms with Crippen molar-refractivity contribution in [1.29, 1.82) is 0 Å². The molecular formula is C63H117NO5. The van der Waals surface area contributed by atoms with E-state index in [9.17, 15) is 19.8 Å². The zero-order valence-corrected chi connectivity index (χ0v) is 46.2. The van der Waals surface area contributed by atoms with Gasteiger partial charge in [0.1, 0.15) is 6.10 Å². The highest BCUT2D eigenvalue weighted by Crippen LogP contribution is 2.18. The predicted molar refractivity (Wildman–Crippen MR) is 301 cm³/mol. The van der Waals surface area contributed by atoms with E-state index < -0.39 is 18.2 Å². The summed E-state index contributed by atoms with van der Waals surface area (Å²) in [5.41, 5.74) is 0. The fourth-order valence-electron chi connectivity index (χ4n) is 9.31. The third-order valence-corrected chi connectivity index (χ3v) is 13.9. The quantitative estimate of drug-likeness (QED) is 0.0244. The van der Waals surface area contributed by atoms with Crippen molar-refractivity contribution in [3.05, 3.63) is 48.6 Å². The average Bonchev–Trinajstić information content (AvgIpc) is 3.34. The molecule has 3 N–H and O–H groups in total. The van der Waals surface area contributed by atoms with Crippen LogP contribution in [-0.4, -0.2) is 46.9 Å². The Morgan fingerprint density at radius 1 is 0.420 bits per heavy atom. The number of rotatable bonds is 55. The number of amides is 1. The van der Waals surface area contributed by atoms with Crippen molar-refractivity contribution >= 4 is 11.9 Å². The Morgan fingerprint density at radius 3 is 1.14 bits per heavy atom. The number of hydrogen-bond donors (Lipinski definition) is 3. The second kappa shape index (κ2) is 56.7. The summed E-state index contributed by atoms with van der Waals surface area (Å²) in [7, 11) is 0. The van der Waals surface area contributed by atoms with Gasteiger partial charge in [-0.15, -0.1) is 0 Å². The summed E-state index contributed by atoms with van der Waals surface area (Å²) in [6.07, 6.45) is 70.3. The highest BCUT2D eigenvalue weighted by Gasteiger charge is 2.24. The molecule has 0 aliphatic carbocycles. The monoisotopic (exact) mass is 968 g/mol. The van der Waals surface area contributed by atoms with Gasteiger partial charge in [-0.1, -0.05) is 275 Å². The molecule has 1 amide bonds. The fraction of sp³-hybridized carbons (Fsp3) is 0.841. The number of esters is 1. The molecule has 0 aliphatic heterocycles. The van der Waals surface area contributed by atoms with Gasteiger partial charge in [-0.25, -0.2) is 0 Å². The Kier molecular flexibility index (Phi) is 54.9.